The maximum Gasteiger partial charge on any atom is 0.459 e. The molecule has 0 amide bonds. The van der Waals surface area contributed by atoms with Gasteiger partial charge in [0, 0.05) is 6.42 Å². The maximum atomic E-state index is 13.9. The van der Waals surface area contributed by atoms with Crippen molar-refractivity contribution in [2.24, 2.45) is 0 Å². The molecule has 3 heterocycles. The van der Waals surface area contributed by atoms with Gasteiger partial charge in [-0.15, -0.1) is 0 Å². The number of rotatable bonds is 10. The number of nitrogens with zero attached hydrogens (tertiary/aromatic N) is 4. The predicted molar refractivity (Wildman–Crippen MR) is 134 cm³/mol. The van der Waals surface area contributed by atoms with Crippen LogP contribution in [0.1, 0.15) is 33.4 Å². The molecule has 3 aromatic rings. The molecule has 0 aliphatic carbocycles. The minimum absolute atomic E-state index is 0.0662. The van der Waals surface area contributed by atoms with Gasteiger partial charge in [-0.1, -0.05) is 18.2 Å². The second kappa shape index (κ2) is 11.3. The summed E-state index contributed by atoms with van der Waals surface area (Å²) < 4.78 is 38.3. The fourth-order valence-electron chi connectivity index (χ4n) is 3.77. The number of carbonyl (C=O) groups is 1. The van der Waals surface area contributed by atoms with Crippen molar-refractivity contribution in [2.75, 3.05) is 12.3 Å². The lowest BCUT2D eigenvalue weighted by Gasteiger charge is -2.26. The monoisotopic (exact) mass is 554 g/mol. The van der Waals surface area contributed by atoms with E-state index >= 15 is 0 Å². The Balaban J connectivity index is 1.58. The van der Waals surface area contributed by atoms with E-state index in [1.807, 2.05) is 0 Å². The SMILES string of the molecule is CC(C)OC(=O)[C@H](C)NP(=O)(Oc1ccccc1)OC1C[C@H](n2cnc3c(N)nc(Cl)nc32)O[C@@H]1CO. The highest BCUT2D eigenvalue weighted by Gasteiger charge is 2.44. The lowest BCUT2D eigenvalue weighted by atomic mass is 10.2. The molecule has 1 aliphatic rings. The van der Waals surface area contributed by atoms with Crippen molar-refractivity contribution in [2.45, 2.75) is 57.8 Å². The van der Waals surface area contributed by atoms with Crippen molar-refractivity contribution in [3.8, 4) is 5.75 Å². The molecule has 37 heavy (non-hydrogen) atoms. The van der Waals surface area contributed by atoms with Gasteiger partial charge in [-0.25, -0.2) is 9.55 Å². The molecule has 2 unspecified atom stereocenters. The van der Waals surface area contributed by atoms with Gasteiger partial charge in [0.15, 0.2) is 11.5 Å². The number of nitrogens with one attached hydrogen (secondary N) is 1. The van der Waals surface area contributed by atoms with E-state index < -0.39 is 44.8 Å². The number of nitrogens with two attached hydrogens (primary N) is 1. The molecular formula is C22H28ClN6O7P. The molecule has 1 saturated heterocycles. The first-order chi connectivity index (χ1) is 17.6. The number of ether oxygens (including phenoxy) is 2. The second-order valence-corrected chi connectivity index (χ2v) is 10.6. The third-order valence-electron chi connectivity index (χ3n) is 5.39. The molecule has 200 valence electrons. The number of para-hydroxylation sites is 1. The van der Waals surface area contributed by atoms with Crippen molar-refractivity contribution in [1.29, 1.82) is 0 Å². The Labute approximate surface area is 217 Å². The first-order valence-electron chi connectivity index (χ1n) is 11.5. The fourth-order valence-corrected chi connectivity index (χ4v) is 5.65. The first-order valence-corrected chi connectivity index (χ1v) is 13.4. The number of carbonyl (C=O) groups excluding carboxylic acids is 1. The summed E-state index contributed by atoms with van der Waals surface area (Å²) in [5.41, 5.74) is 6.55. The molecule has 0 saturated carbocycles. The molecule has 0 bridgehead atoms. The molecule has 5 atom stereocenters. The number of halogens is 1. The molecular weight excluding hydrogens is 527 g/mol. The molecule has 4 N–H and O–H groups in total. The number of aliphatic hydroxyl groups excluding tert-OH is 1. The van der Waals surface area contributed by atoms with Crippen LogP contribution < -0.4 is 15.3 Å². The Bertz CT molecular complexity index is 1290. The van der Waals surface area contributed by atoms with Gasteiger partial charge in [-0.3, -0.25) is 13.9 Å². The Morgan fingerprint density at radius 2 is 2.05 bits per heavy atom. The summed E-state index contributed by atoms with van der Waals surface area (Å²) in [7, 11) is -4.20. The van der Waals surface area contributed by atoms with E-state index in [0.29, 0.717) is 11.2 Å². The number of aliphatic hydroxyl groups is 1. The fraction of sp³-hybridized carbons (Fsp3) is 0.455. The molecule has 1 fully saturated rings. The number of hydrogen-bond donors (Lipinski definition) is 3. The van der Waals surface area contributed by atoms with Gasteiger partial charge in [0.2, 0.25) is 5.28 Å². The van der Waals surface area contributed by atoms with E-state index in [2.05, 4.69) is 20.0 Å². The topological polar surface area (TPSA) is 173 Å². The van der Waals surface area contributed by atoms with Gasteiger partial charge in [0.1, 0.15) is 35.7 Å². The Morgan fingerprint density at radius 1 is 1.32 bits per heavy atom. The Morgan fingerprint density at radius 3 is 2.73 bits per heavy atom. The summed E-state index contributed by atoms with van der Waals surface area (Å²) in [6.45, 7) is 4.45. The molecule has 0 spiro atoms. The quantitative estimate of drug-likeness (QED) is 0.190. The average molecular weight is 555 g/mol. The van der Waals surface area contributed by atoms with E-state index in [9.17, 15) is 14.5 Å². The zero-order valence-electron chi connectivity index (χ0n) is 20.4. The van der Waals surface area contributed by atoms with Crippen LogP contribution in [-0.4, -0.2) is 61.6 Å². The van der Waals surface area contributed by atoms with E-state index in [4.69, 9.17) is 35.9 Å². The third kappa shape index (κ3) is 6.38. The van der Waals surface area contributed by atoms with E-state index in [-0.39, 0.29) is 29.4 Å². The van der Waals surface area contributed by atoms with Crippen LogP contribution in [0.2, 0.25) is 5.28 Å². The number of nitrogen functional groups attached to an aromatic ring is 1. The van der Waals surface area contributed by atoms with E-state index in [0.717, 1.165) is 0 Å². The van der Waals surface area contributed by atoms with Gasteiger partial charge >= 0.3 is 13.7 Å². The molecule has 0 radical (unpaired) electrons. The highest BCUT2D eigenvalue weighted by atomic mass is 35.5. The number of hydrogen-bond acceptors (Lipinski definition) is 11. The zero-order chi connectivity index (χ0) is 26.7. The van der Waals surface area contributed by atoms with Crippen LogP contribution >= 0.6 is 19.3 Å². The number of imidazole rings is 1. The Hall–Kier alpha value is -2.80. The first kappa shape index (κ1) is 27.2. The van der Waals surface area contributed by atoms with Gasteiger partial charge in [0.25, 0.3) is 0 Å². The smallest absolute Gasteiger partial charge is 0.459 e. The van der Waals surface area contributed by atoms with Crippen molar-refractivity contribution >= 4 is 42.3 Å². The van der Waals surface area contributed by atoms with Gasteiger partial charge in [0.05, 0.1) is 19.0 Å². The summed E-state index contributed by atoms with van der Waals surface area (Å²) in [5, 5.41) is 12.6. The number of anilines is 1. The second-order valence-electron chi connectivity index (χ2n) is 8.63. The van der Waals surface area contributed by atoms with Gasteiger partial charge in [-0.2, -0.15) is 15.1 Å². The number of fused-ring (bicyclic) bond motifs is 1. The summed E-state index contributed by atoms with van der Waals surface area (Å²) in [6, 6.07) is 7.33. The minimum atomic E-state index is -4.20. The molecule has 13 nitrogen and oxygen atoms in total. The van der Waals surface area contributed by atoms with Crippen LogP contribution in [-0.2, 0) is 23.4 Å². The normalized spacial score (nSPS) is 22.2. The van der Waals surface area contributed by atoms with Gasteiger partial charge < -0.3 is 24.8 Å². The van der Waals surface area contributed by atoms with Crippen LogP contribution in [0, 0.1) is 0 Å². The van der Waals surface area contributed by atoms with Crippen molar-refractivity contribution < 1.29 is 33.0 Å². The molecule has 1 aromatic carbocycles. The zero-order valence-corrected chi connectivity index (χ0v) is 22.0. The van der Waals surface area contributed by atoms with Crippen LogP contribution in [0.5, 0.6) is 5.75 Å². The summed E-state index contributed by atoms with van der Waals surface area (Å²) in [4.78, 5) is 24.7. The minimum Gasteiger partial charge on any atom is -0.462 e. The van der Waals surface area contributed by atoms with Crippen LogP contribution in [0.25, 0.3) is 11.2 Å². The molecule has 15 heteroatoms. The largest absolute Gasteiger partial charge is 0.462 e. The molecule has 2 aromatic heterocycles. The standard InChI is InChI=1S/C22H28ClN6O7P/c1-12(2)33-21(31)13(3)28-37(32,35-14-7-5-4-6-8-14)36-15-9-17(34-16(15)10-30)29-11-25-18-19(24)26-22(23)27-20(18)29/h4-8,11-13,15-17,30H,9-10H2,1-3H3,(H,28,32)(H2,24,26,27)/t13-,15?,16+,17+,37?/m0/s1. The average Bonchev–Trinajstić information content (AvgIpc) is 3.42. The van der Waals surface area contributed by atoms with Crippen LogP contribution in [0.4, 0.5) is 5.82 Å². The number of esters is 1. The lowest BCUT2D eigenvalue weighted by molar-refractivity contribution is -0.149. The van der Waals surface area contributed by atoms with Gasteiger partial charge in [-0.05, 0) is 44.5 Å². The van der Waals surface area contributed by atoms with E-state index in [1.165, 1.54) is 13.3 Å². The maximum absolute atomic E-state index is 13.9. The highest BCUT2D eigenvalue weighted by molar-refractivity contribution is 7.52. The molecule has 4 rings (SSSR count). The van der Waals surface area contributed by atoms with Crippen molar-refractivity contribution in [3.63, 3.8) is 0 Å². The summed E-state index contributed by atoms with van der Waals surface area (Å²) >= 11 is 5.97. The predicted octanol–water partition coefficient (Wildman–Crippen LogP) is 2.84. The molecule has 1 aliphatic heterocycles. The van der Waals surface area contributed by atoms with Crippen molar-refractivity contribution in [1.82, 2.24) is 24.6 Å². The Kier molecular flexibility index (Phi) is 8.32. The van der Waals surface area contributed by atoms with Crippen LogP contribution in [0.3, 0.4) is 0 Å². The third-order valence-corrected chi connectivity index (χ3v) is 7.26. The summed E-state index contributed by atoms with van der Waals surface area (Å²) in [6.07, 6.45) is -1.29. The lowest BCUT2D eigenvalue weighted by Crippen LogP contribution is -2.38. The number of aromatic nitrogens is 4. The van der Waals surface area contributed by atoms with Crippen molar-refractivity contribution in [3.05, 3.63) is 41.9 Å². The number of benzene rings is 1. The van der Waals surface area contributed by atoms with Crippen LogP contribution in [0.15, 0.2) is 36.7 Å². The summed E-state index contributed by atoms with van der Waals surface area (Å²) in [5.74, 6) is -0.277. The van der Waals surface area contributed by atoms with E-state index in [1.54, 1.807) is 48.7 Å². The highest BCUT2D eigenvalue weighted by Crippen LogP contribution is 2.49.